The van der Waals surface area contributed by atoms with E-state index in [1.807, 2.05) is 6.92 Å². The van der Waals surface area contributed by atoms with Crippen LogP contribution in [0.4, 0.5) is 10.5 Å². The number of nitrogens with one attached hydrogen (secondary N) is 1. The Morgan fingerprint density at radius 2 is 2.21 bits per heavy atom. The van der Waals surface area contributed by atoms with Gasteiger partial charge in [-0.2, -0.15) is 0 Å². The second kappa shape index (κ2) is 5.69. The molecule has 2 rings (SSSR count). The largest absolute Gasteiger partial charge is 0.480 e. The molecule has 0 spiro atoms. The third kappa shape index (κ3) is 3.21. The van der Waals surface area contributed by atoms with Gasteiger partial charge in [-0.1, -0.05) is 0 Å². The quantitative estimate of drug-likeness (QED) is 0.853. The number of likely N-dealkylation sites (tertiary alicyclic amines) is 1. The molecule has 1 unspecified atom stereocenters. The van der Waals surface area contributed by atoms with Gasteiger partial charge in [-0.3, -0.25) is 4.98 Å². The SMILES string of the molecule is Cc1ccc(NC(=O)N2CCCCC2C(=O)O)cn1. The number of piperidine rings is 1. The Morgan fingerprint density at radius 3 is 2.84 bits per heavy atom. The van der Waals surface area contributed by atoms with Gasteiger partial charge in [0.2, 0.25) is 0 Å². The summed E-state index contributed by atoms with van der Waals surface area (Å²) in [5, 5.41) is 11.8. The average molecular weight is 263 g/mol. The molecule has 2 N–H and O–H groups in total. The van der Waals surface area contributed by atoms with E-state index in [-0.39, 0.29) is 6.03 Å². The highest BCUT2D eigenvalue weighted by atomic mass is 16.4. The van der Waals surface area contributed by atoms with Crippen LogP contribution < -0.4 is 5.32 Å². The number of carboxylic acid groups (broad SMARTS) is 1. The third-order valence-electron chi connectivity index (χ3n) is 3.21. The first-order valence-electron chi connectivity index (χ1n) is 6.31. The summed E-state index contributed by atoms with van der Waals surface area (Å²) in [5.41, 5.74) is 1.43. The van der Waals surface area contributed by atoms with Gasteiger partial charge < -0.3 is 15.3 Å². The van der Waals surface area contributed by atoms with Crippen molar-refractivity contribution in [2.24, 2.45) is 0 Å². The number of pyridine rings is 1. The summed E-state index contributed by atoms with van der Waals surface area (Å²) in [5.74, 6) is -0.947. The summed E-state index contributed by atoms with van der Waals surface area (Å²) in [6, 6.07) is 2.44. The topological polar surface area (TPSA) is 82.5 Å². The van der Waals surface area contributed by atoms with Crippen LogP contribution in [0.5, 0.6) is 0 Å². The van der Waals surface area contributed by atoms with Crippen LogP contribution in [0.2, 0.25) is 0 Å². The fourth-order valence-corrected chi connectivity index (χ4v) is 2.17. The Hall–Kier alpha value is -2.11. The lowest BCUT2D eigenvalue weighted by Crippen LogP contribution is -2.49. The van der Waals surface area contributed by atoms with E-state index in [9.17, 15) is 9.59 Å². The minimum Gasteiger partial charge on any atom is -0.480 e. The molecule has 0 saturated carbocycles. The highest BCUT2D eigenvalue weighted by Crippen LogP contribution is 2.18. The number of amides is 2. The van der Waals surface area contributed by atoms with Gasteiger partial charge in [0.1, 0.15) is 6.04 Å². The maximum Gasteiger partial charge on any atom is 0.326 e. The lowest BCUT2D eigenvalue weighted by atomic mass is 10.0. The number of carbonyl (C=O) groups is 2. The fraction of sp³-hybridized carbons (Fsp3) is 0.462. The van der Waals surface area contributed by atoms with E-state index in [1.165, 1.54) is 4.90 Å². The number of aryl methyl sites for hydroxylation is 1. The van der Waals surface area contributed by atoms with Crippen LogP contribution in [0.3, 0.4) is 0 Å². The molecule has 0 radical (unpaired) electrons. The molecule has 1 aliphatic heterocycles. The van der Waals surface area contributed by atoms with E-state index < -0.39 is 12.0 Å². The average Bonchev–Trinajstić information content (AvgIpc) is 2.41. The third-order valence-corrected chi connectivity index (χ3v) is 3.21. The number of aromatic nitrogens is 1. The van der Waals surface area contributed by atoms with E-state index in [4.69, 9.17) is 5.11 Å². The van der Waals surface area contributed by atoms with Gasteiger partial charge in [0.25, 0.3) is 0 Å². The van der Waals surface area contributed by atoms with Crippen molar-refractivity contribution < 1.29 is 14.7 Å². The maximum absolute atomic E-state index is 12.1. The van der Waals surface area contributed by atoms with Crippen molar-refractivity contribution in [3.8, 4) is 0 Å². The van der Waals surface area contributed by atoms with Gasteiger partial charge in [-0.05, 0) is 38.3 Å². The number of nitrogens with zero attached hydrogens (tertiary/aromatic N) is 2. The number of hydrogen-bond acceptors (Lipinski definition) is 3. The zero-order chi connectivity index (χ0) is 13.8. The lowest BCUT2D eigenvalue weighted by Gasteiger charge is -2.32. The van der Waals surface area contributed by atoms with Crippen molar-refractivity contribution in [1.82, 2.24) is 9.88 Å². The number of anilines is 1. The molecule has 2 heterocycles. The van der Waals surface area contributed by atoms with Gasteiger partial charge in [-0.15, -0.1) is 0 Å². The first kappa shape index (κ1) is 13.3. The first-order valence-corrected chi connectivity index (χ1v) is 6.31. The van der Waals surface area contributed by atoms with Crippen LogP contribution in [0.25, 0.3) is 0 Å². The zero-order valence-corrected chi connectivity index (χ0v) is 10.8. The van der Waals surface area contributed by atoms with E-state index >= 15 is 0 Å². The summed E-state index contributed by atoms with van der Waals surface area (Å²) in [6.07, 6.45) is 3.75. The molecular formula is C13H17N3O3. The Bertz CT molecular complexity index is 473. The zero-order valence-electron chi connectivity index (χ0n) is 10.8. The summed E-state index contributed by atoms with van der Waals surface area (Å²) < 4.78 is 0. The fourth-order valence-electron chi connectivity index (χ4n) is 2.17. The molecule has 0 bridgehead atoms. The second-order valence-electron chi connectivity index (χ2n) is 4.66. The molecular weight excluding hydrogens is 246 g/mol. The lowest BCUT2D eigenvalue weighted by molar-refractivity contribution is -0.143. The van der Waals surface area contributed by atoms with Crippen LogP contribution in [0.15, 0.2) is 18.3 Å². The Morgan fingerprint density at radius 1 is 1.42 bits per heavy atom. The highest BCUT2D eigenvalue weighted by Gasteiger charge is 2.31. The molecule has 0 aliphatic carbocycles. The molecule has 6 nitrogen and oxygen atoms in total. The maximum atomic E-state index is 12.1. The van der Waals surface area contributed by atoms with Crippen molar-refractivity contribution in [1.29, 1.82) is 0 Å². The molecule has 19 heavy (non-hydrogen) atoms. The Labute approximate surface area is 111 Å². The minimum atomic E-state index is -0.947. The number of carboxylic acids is 1. The van der Waals surface area contributed by atoms with E-state index in [0.717, 1.165) is 18.5 Å². The number of carbonyl (C=O) groups excluding carboxylic acids is 1. The molecule has 1 atom stereocenters. The molecule has 2 amide bonds. The summed E-state index contributed by atoms with van der Waals surface area (Å²) in [6.45, 7) is 2.33. The monoisotopic (exact) mass is 263 g/mol. The Balaban J connectivity index is 2.05. The van der Waals surface area contributed by atoms with Crippen molar-refractivity contribution >= 4 is 17.7 Å². The molecule has 1 aromatic rings. The smallest absolute Gasteiger partial charge is 0.326 e. The summed E-state index contributed by atoms with van der Waals surface area (Å²) in [4.78, 5) is 28.7. The molecule has 6 heteroatoms. The number of hydrogen-bond donors (Lipinski definition) is 2. The van der Waals surface area contributed by atoms with Gasteiger partial charge in [0.15, 0.2) is 0 Å². The van der Waals surface area contributed by atoms with Gasteiger partial charge in [0.05, 0.1) is 11.9 Å². The van der Waals surface area contributed by atoms with E-state index in [1.54, 1.807) is 18.3 Å². The van der Waals surface area contributed by atoms with Crippen molar-refractivity contribution in [3.05, 3.63) is 24.0 Å². The Kier molecular flexibility index (Phi) is 3.99. The van der Waals surface area contributed by atoms with Crippen LogP contribution in [0.1, 0.15) is 25.0 Å². The predicted octanol–water partition coefficient (Wildman–Crippen LogP) is 1.86. The van der Waals surface area contributed by atoms with Crippen molar-refractivity contribution in [3.63, 3.8) is 0 Å². The predicted molar refractivity (Wildman–Crippen MR) is 70.0 cm³/mol. The highest BCUT2D eigenvalue weighted by molar-refractivity contribution is 5.92. The molecule has 1 saturated heterocycles. The number of rotatable bonds is 2. The van der Waals surface area contributed by atoms with Crippen molar-refractivity contribution in [2.75, 3.05) is 11.9 Å². The van der Waals surface area contributed by atoms with Gasteiger partial charge in [-0.25, -0.2) is 9.59 Å². The molecule has 1 fully saturated rings. The van der Waals surface area contributed by atoms with Gasteiger partial charge in [0, 0.05) is 12.2 Å². The number of aliphatic carboxylic acids is 1. The summed E-state index contributed by atoms with van der Waals surface area (Å²) >= 11 is 0. The minimum absolute atomic E-state index is 0.377. The van der Waals surface area contributed by atoms with Crippen LogP contribution in [-0.4, -0.2) is 39.6 Å². The van der Waals surface area contributed by atoms with Crippen molar-refractivity contribution in [2.45, 2.75) is 32.2 Å². The standard InChI is InChI=1S/C13H17N3O3/c1-9-5-6-10(8-14-9)15-13(19)16-7-3-2-4-11(16)12(17)18/h5-6,8,11H,2-4,7H2,1H3,(H,15,19)(H,17,18). The molecule has 0 aromatic carbocycles. The number of urea groups is 1. The van der Waals surface area contributed by atoms with Gasteiger partial charge >= 0.3 is 12.0 Å². The van der Waals surface area contributed by atoms with Crippen LogP contribution in [0, 0.1) is 6.92 Å². The first-order chi connectivity index (χ1) is 9.08. The van der Waals surface area contributed by atoms with E-state index in [0.29, 0.717) is 18.7 Å². The van der Waals surface area contributed by atoms with Crippen LogP contribution in [-0.2, 0) is 4.79 Å². The normalized spacial score (nSPS) is 19.0. The van der Waals surface area contributed by atoms with E-state index in [2.05, 4.69) is 10.3 Å². The van der Waals surface area contributed by atoms with Crippen LogP contribution >= 0.6 is 0 Å². The summed E-state index contributed by atoms with van der Waals surface area (Å²) in [7, 11) is 0. The molecule has 1 aromatic heterocycles. The molecule has 102 valence electrons. The second-order valence-corrected chi connectivity index (χ2v) is 4.66. The molecule has 1 aliphatic rings.